The minimum absolute atomic E-state index is 0.232. The number of benzene rings is 1. The van der Waals surface area contributed by atoms with Crippen molar-refractivity contribution in [3.8, 4) is 17.2 Å². The Morgan fingerprint density at radius 3 is 2.55 bits per heavy atom. The predicted molar refractivity (Wildman–Crippen MR) is 96.7 cm³/mol. The molecule has 2 aromatic heterocycles. The molecule has 2 heterocycles. The van der Waals surface area contributed by atoms with E-state index in [1.54, 1.807) is 24.7 Å². The molecule has 0 fully saturated rings. The molecule has 3 rings (SSSR count). The molecule has 2 N–H and O–H groups in total. The summed E-state index contributed by atoms with van der Waals surface area (Å²) in [6, 6.07) is 6.57. The smallest absolute Gasteiger partial charge is 0.503 e. The maximum atomic E-state index is 12.2. The van der Waals surface area contributed by atoms with Crippen LogP contribution in [0.5, 0.6) is 11.5 Å². The second-order valence-electron chi connectivity index (χ2n) is 6.30. The van der Waals surface area contributed by atoms with E-state index in [1.807, 2.05) is 0 Å². The number of aryl methyl sites for hydroxylation is 1. The minimum atomic E-state index is -4.75. The van der Waals surface area contributed by atoms with Gasteiger partial charge in [-0.15, -0.1) is 18.3 Å². The number of hydrogen-bond donors (Lipinski definition) is 2. The van der Waals surface area contributed by atoms with E-state index in [0.717, 1.165) is 0 Å². The lowest BCUT2D eigenvalue weighted by atomic mass is 10.2. The van der Waals surface area contributed by atoms with Crippen LogP contribution in [0, 0.1) is 6.92 Å². The van der Waals surface area contributed by atoms with Crippen molar-refractivity contribution in [2.24, 2.45) is 7.05 Å². The number of alkyl halides is 3. The maximum Gasteiger partial charge on any atom is 0.573 e. The number of aromatic hydroxyl groups is 1. The number of aromatic nitrogens is 4. The number of hydrogen-bond acceptors (Lipinski definition) is 6. The standard InChI is InChI=1S/C18H18F3N5O3/c1-11-7-16(27)17(28)15(25(11)2)9-22-8-12-10-26(24-23-12)13-3-5-14(6-4-13)29-18(19,20)21/h3-7,10,22,28H,8-9H2,1-2H3. The van der Waals surface area contributed by atoms with Crippen LogP contribution in [0.4, 0.5) is 13.2 Å². The Balaban J connectivity index is 1.64. The van der Waals surface area contributed by atoms with Crippen LogP contribution in [0.25, 0.3) is 5.69 Å². The summed E-state index contributed by atoms with van der Waals surface area (Å²) in [6.45, 7) is 2.30. The van der Waals surface area contributed by atoms with E-state index in [1.165, 1.54) is 35.0 Å². The fourth-order valence-corrected chi connectivity index (χ4v) is 2.69. The number of halogens is 3. The molecule has 154 valence electrons. The molecule has 0 bridgehead atoms. The van der Waals surface area contributed by atoms with E-state index in [9.17, 15) is 23.1 Å². The normalized spacial score (nSPS) is 11.6. The first-order chi connectivity index (χ1) is 13.6. The van der Waals surface area contributed by atoms with E-state index in [4.69, 9.17) is 0 Å². The molecule has 0 spiro atoms. The van der Waals surface area contributed by atoms with Gasteiger partial charge in [0.05, 0.1) is 23.3 Å². The second kappa shape index (κ2) is 7.95. The van der Waals surface area contributed by atoms with Crippen LogP contribution in [0.2, 0.25) is 0 Å². The maximum absolute atomic E-state index is 12.2. The Kier molecular flexibility index (Phi) is 5.59. The molecule has 0 saturated heterocycles. The van der Waals surface area contributed by atoms with E-state index < -0.39 is 11.8 Å². The fourth-order valence-electron chi connectivity index (χ4n) is 2.69. The molecule has 0 aliphatic rings. The Bertz CT molecular complexity index is 1060. The number of nitrogens with one attached hydrogen (secondary N) is 1. The van der Waals surface area contributed by atoms with Crippen molar-refractivity contribution in [3.63, 3.8) is 0 Å². The Labute approximate surface area is 163 Å². The summed E-state index contributed by atoms with van der Waals surface area (Å²) in [7, 11) is 1.74. The lowest BCUT2D eigenvalue weighted by molar-refractivity contribution is -0.274. The third kappa shape index (κ3) is 4.93. The van der Waals surface area contributed by atoms with Gasteiger partial charge in [-0.05, 0) is 31.2 Å². The van der Waals surface area contributed by atoms with Gasteiger partial charge in [-0.3, -0.25) is 4.79 Å². The summed E-state index contributed by atoms with van der Waals surface area (Å²) in [5.41, 5.74) is 1.80. The number of ether oxygens (including phenoxy) is 1. The number of nitrogens with zero attached hydrogens (tertiary/aromatic N) is 4. The Morgan fingerprint density at radius 1 is 1.21 bits per heavy atom. The van der Waals surface area contributed by atoms with Gasteiger partial charge < -0.3 is 19.7 Å². The first kappa shape index (κ1) is 20.4. The SMILES string of the molecule is Cc1cc(=O)c(O)c(CNCc2cn(-c3ccc(OC(F)(F)F)cc3)nn2)n1C. The molecule has 0 unspecified atom stereocenters. The van der Waals surface area contributed by atoms with Gasteiger partial charge in [0.25, 0.3) is 0 Å². The van der Waals surface area contributed by atoms with Crippen molar-refractivity contribution < 1.29 is 23.0 Å². The van der Waals surface area contributed by atoms with Gasteiger partial charge in [0.2, 0.25) is 5.43 Å². The molecule has 0 amide bonds. The monoisotopic (exact) mass is 409 g/mol. The van der Waals surface area contributed by atoms with Gasteiger partial charge in [-0.2, -0.15) is 0 Å². The average molecular weight is 409 g/mol. The van der Waals surface area contributed by atoms with Gasteiger partial charge in [0.1, 0.15) is 5.75 Å². The Hall–Kier alpha value is -3.34. The molecule has 11 heteroatoms. The van der Waals surface area contributed by atoms with Crippen molar-refractivity contribution in [3.05, 3.63) is 63.8 Å². The van der Waals surface area contributed by atoms with Crippen molar-refractivity contribution in [2.45, 2.75) is 26.4 Å². The van der Waals surface area contributed by atoms with Crippen molar-refractivity contribution >= 4 is 0 Å². The topological polar surface area (TPSA) is 94.2 Å². The molecule has 0 saturated carbocycles. The van der Waals surface area contributed by atoms with Gasteiger partial charge in [0.15, 0.2) is 5.75 Å². The summed E-state index contributed by atoms with van der Waals surface area (Å²) in [5, 5.41) is 21.0. The summed E-state index contributed by atoms with van der Waals surface area (Å²) in [4.78, 5) is 11.7. The van der Waals surface area contributed by atoms with Gasteiger partial charge in [-0.1, -0.05) is 5.21 Å². The third-order valence-electron chi connectivity index (χ3n) is 4.25. The van der Waals surface area contributed by atoms with Crippen LogP contribution in [0.1, 0.15) is 17.1 Å². The molecule has 3 aromatic rings. The first-order valence-electron chi connectivity index (χ1n) is 8.50. The number of pyridine rings is 1. The molecule has 0 aliphatic heterocycles. The summed E-state index contributed by atoms with van der Waals surface area (Å²) < 4.78 is 43.6. The zero-order chi connectivity index (χ0) is 21.2. The van der Waals surface area contributed by atoms with Crippen molar-refractivity contribution in [1.82, 2.24) is 24.9 Å². The van der Waals surface area contributed by atoms with Crippen LogP contribution in [-0.4, -0.2) is 31.0 Å². The summed E-state index contributed by atoms with van der Waals surface area (Å²) in [5.74, 6) is -0.637. The first-order valence-corrected chi connectivity index (χ1v) is 8.50. The Morgan fingerprint density at radius 2 is 1.90 bits per heavy atom. The van der Waals surface area contributed by atoms with Gasteiger partial charge in [0, 0.05) is 31.9 Å². The molecule has 1 aromatic carbocycles. The highest BCUT2D eigenvalue weighted by Crippen LogP contribution is 2.23. The van der Waals surface area contributed by atoms with E-state index >= 15 is 0 Å². The van der Waals surface area contributed by atoms with Crippen molar-refractivity contribution in [2.75, 3.05) is 0 Å². The largest absolute Gasteiger partial charge is 0.573 e. The van der Waals surface area contributed by atoms with Crippen LogP contribution in [0.3, 0.4) is 0 Å². The minimum Gasteiger partial charge on any atom is -0.503 e. The quantitative estimate of drug-likeness (QED) is 0.648. The molecule has 29 heavy (non-hydrogen) atoms. The van der Waals surface area contributed by atoms with Crippen molar-refractivity contribution in [1.29, 1.82) is 0 Å². The molecule has 0 radical (unpaired) electrons. The highest BCUT2D eigenvalue weighted by Gasteiger charge is 2.31. The zero-order valence-corrected chi connectivity index (χ0v) is 15.6. The van der Waals surface area contributed by atoms with Crippen LogP contribution >= 0.6 is 0 Å². The van der Waals surface area contributed by atoms with Crippen LogP contribution in [0.15, 0.2) is 41.3 Å². The lowest BCUT2D eigenvalue weighted by Gasteiger charge is -2.13. The zero-order valence-electron chi connectivity index (χ0n) is 15.6. The van der Waals surface area contributed by atoms with E-state index in [2.05, 4.69) is 20.4 Å². The highest BCUT2D eigenvalue weighted by molar-refractivity contribution is 5.36. The second-order valence-corrected chi connectivity index (χ2v) is 6.30. The number of rotatable bonds is 6. The van der Waals surface area contributed by atoms with Crippen LogP contribution in [-0.2, 0) is 20.1 Å². The van der Waals surface area contributed by atoms with Gasteiger partial charge >= 0.3 is 6.36 Å². The highest BCUT2D eigenvalue weighted by atomic mass is 19.4. The molecule has 0 aliphatic carbocycles. The summed E-state index contributed by atoms with van der Waals surface area (Å²) in [6.07, 6.45) is -3.13. The molecular weight excluding hydrogens is 391 g/mol. The predicted octanol–water partition coefficient (Wildman–Crippen LogP) is 2.17. The van der Waals surface area contributed by atoms with Gasteiger partial charge in [-0.25, -0.2) is 4.68 Å². The third-order valence-corrected chi connectivity index (χ3v) is 4.25. The van der Waals surface area contributed by atoms with Crippen LogP contribution < -0.4 is 15.5 Å². The van der Waals surface area contributed by atoms with E-state index in [0.29, 0.717) is 29.3 Å². The van der Waals surface area contributed by atoms with E-state index in [-0.39, 0.29) is 18.0 Å². The lowest BCUT2D eigenvalue weighted by Crippen LogP contribution is -2.20. The summed E-state index contributed by atoms with van der Waals surface area (Å²) >= 11 is 0. The molecular formula is C18H18F3N5O3. The fraction of sp³-hybridized carbons (Fsp3) is 0.278. The molecule has 0 atom stereocenters. The average Bonchev–Trinajstić information content (AvgIpc) is 3.11. The molecule has 8 nitrogen and oxygen atoms in total.